The van der Waals surface area contributed by atoms with Crippen molar-refractivity contribution < 1.29 is 8.42 Å². The molecule has 0 radical (unpaired) electrons. The molecular formula is C11H15BrN2O2S. The van der Waals surface area contributed by atoms with E-state index in [2.05, 4.69) is 25.9 Å². The second-order valence-electron chi connectivity index (χ2n) is 3.65. The summed E-state index contributed by atoms with van der Waals surface area (Å²) in [6.07, 6.45) is 1.72. The van der Waals surface area contributed by atoms with Crippen LogP contribution in [0.15, 0.2) is 38.7 Å². The van der Waals surface area contributed by atoms with Gasteiger partial charge in [-0.1, -0.05) is 29.3 Å². The van der Waals surface area contributed by atoms with Crippen LogP contribution in [0.2, 0.25) is 0 Å². The summed E-state index contributed by atoms with van der Waals surface area (Å²) < 4.78 is 24.5. The summed E-state index contributed by atoms with van der Waals surface area (Å²) in [5.41, 5.74) is 0.771. The lowest BCUT2D eigenvalue weighted by molar-refractivity contribution is 0.584. The number of sulfonamides is 1. The van der Waals surface area contributed by atoms with Crippen LogP contribution in [-0.4, -0.2) is 14.1 Å². The molecular weight excluding hydrogens is 304 g/mol. The minimum atomic E-state index is -3.55. The average Bonchev–Trinajstić information content (AvgIpc) is 2.28. The van der Waals surface area contributed by atoms with Gasteiger partial charge in [-0.3, -0.25) is 0 Å². The molecule has 17 heavy (non-hydrogen) atoms. The molecule has 0 saturated heterocycles. The molecule has 94 valence electrons. The Balaban J connectivity index is 2.82. The summed E-state index contributed by atoms with van der Waals surface area (Å²) >= 11 is 3.25. The van der Waals surface area contributed by atoms with Gasteiger partial charge < -0.3 is 0 Å². The third-order valence-electron chi connectivity index (χ3n) is 2.09. The first kappa shape index (κ1) is 14.2. The first-order valence-corrected chi connectivity index (χ1v) is 7.54. The highest BCUT2D eigenvalue weighted by Crippen LogP contribution is 2.14. The monoisotopic (exact) mass is 318 g/mol. The van der Waals surface area contributed by atoms with Crippen molar-refractivity contribution in [1.29, 1.82) is 0 Å². The van der Waals surface area contributed by atoms with Crippen molar-refractivity contribution in [2.24, 2.45) is 5.10 Å². The molecule has 0 fully saturated rings. The maximum Gasteiger partial charge on any atom is 0.276 e. The number of halogens is 1. The normalized spacial score (nSPS) is 12.5. The van der Waals surface area contributed by atoms with E-state index in [0.717, 1.165) is 23.0 Å². The molecule has 1 aromatic carbocycles. The van der Waals surface area contributed by atoms with Crippen LogP contribution < -0.4 is 4.83 Å². The number of nitrogens with one attached hydrogen (secondary N) is 1. The van der Waals surface area contributed by atoms with E-state index >= 15 is 0 Å². The largest absolute Gasteiger partial charge is 0.276 e. The van der Waals surface area contributed by atoms with Crippen molar-refractivity contribution in [3.63, 3.8) is 0 Å². The number of benzene rings is 1. The van der Waals surface area contributed by atoms with Gasteiger partial charge in [-0.05, 0) is 37.6 Å². The van der Waals surface area contributed by atoms with Crippen molar-refractivity contribution >= 4 is 31.7 Å². The Labute approximate surface area is 110 Å². The van der Waals surface area contributed by atoms with Gasteiger partial charge in [-0.25, -0.2) is 4.83 Å². The molecule has 6 heteroatoms. The maximum absolute atomic E-state index is 11.8. The van der Waals surface area contributed by atoms with Gasteiger partial charge >= 0.3 is 0 Å². The highest BCUT2D eigenvalue weighted by molar-refractivity contribution is 9.10. The zero-order chi connectivity index (χ0) is 12.9. The molecule has 0 saturated carbocycles. The van der Waals surface area contributed by atoms with E-state index < -0.39 is 10.0 Å². The van der Waals surface area contributed by atoms with Gasteiger partial charge in [0.15, 0.2) is 0 Å². The molecule has 0 aliphatic rings. The van der Waals surface area contributed by atoms with Crippen molar-refractivity contribution in [2.45, 2.75) is 31.6 Å². The van der Waals surface area contributed by atoms with Crippen molar-refractivity contribution in [3.8, 4) is 0 Å². The number of nitrogens with zero attached hydrogens (tertiary/aromatic N) is 1. The lowest BCUT2D eigenvalue weighted by Gasteiger charge is -2.04. The van der Waals surface area contributed by atoms with Gasteiger partial charge in [0.05, 0.1) is 4.90 Å². The van der Waals surface area contributed by atoms with Crippen LogP contribution >= 0.6 is 15.9 Å². The summed E-state index contributed by atoms with van der Waals surface area (Å²) in [6, 6.07) is 6.41. The molecule has 0 heterocycles. The standard InChI is InChI=1S/C11H15BrN2O2S/c1-3-4-9(2)13-14-17(15,16)11-7-5-10(12)6-8-11/h5-8,14H,3-4H2,1-2H3/b13-9-. The van der Waals surface area contributed by atoms with Gasteiger partial charge in [0.25, 0.3) is 10.0 Å². The minimum Gasteiger partial charge on any atom is -0.200 e. The molecule has 4 nitrogen and oxygen atoms in total. The van der Waals surface area contributed by atoms with Crippen LogP contribution in [0.1, 0.15) is 26.7 Å². The summed E-state index contributed by atoms with van der Waals surface area (Å²) in [4.78, 5) is 2.43. The summed E-state index contributed by atoms with van der Waals surface area (Å²) in [6.45, 7) is 3.82. The predicted octanol–water partition coefficient (Wildman–Crippen LogP) is 2.90. The first-order chi connectivity index (χ1) is 7.95. The molecule has 0 aliphatic carbocycles. The maximum atomic E-state index is 11.8. The van der Waals surface area contributed by atoms with Crippen LogP contribution in [0.5, 0.6) is 0 Å². The Morgan fingerprint density at radius 2 is 1.94 bits per heavy atom. The van der Waals surface area contributed by atoms with Crippen molar-refractivity contribution in [1.82, 2.24) is 4.83 Å². The molecule has 0 aromatic heterocycles. The Morgan fingerprint density at radius 3 is 2.47 bits per heavy atom. The average molecular weight is 319 g/mol. The van der Waals surface area contributed by atoms with E-state index in [4.69, 9.17) is 0 Å². The molecule has 0 aliphatic heterocycles. The summed E-state index contributed by atoms with van der Waals surface area (Å²) in [5, 5.41) is 3.85. The van der Waals surface area contributed by atoms with Crippen LogP contribution in [0.3, 0.4) is 0 Å². The topological polar surface area (TPSA) is 58.5 Å². The van der Waals surface area contributed by atoms with Gasteiger partial charge in [0.2, 0.25) is 0 Å². The SMILES string of the molecule is CCC/C(C)=N\NS(=O)(=O)c1ccc(Br)cc1. The lowest BCUT2D eigenvalue weighted by Crippen LogP contribution is -2.19. The van der Waals surface area contributed by atoms with E-state index in [9.17, 15) is 8.42 Å². The van der Waals surface area contributed by atoms with Gasteiger partial charge in [-0.2, -0.15) is 13.5 Å². The highest BCUT2D eigenvalue weighted by Gasteiger charge is 2.12. The zero-order valence-corrected chi connectivity index (χ0v) is 12.2. The lowest BCUT2D eigenvalue weighted by atomic mass is 10.2. The molecule has 1 aromatic rings. The van der Waals surface area contributed by atoms with Crippen molar-refractivity contribution in [2.75, 3.05) is 0 Å². The number of hydrogen-bond donors (Lipinski definition) is 1. The molecule has 0 unspecified atom stereocenters. The first-order valence-electron chi connectivity index (χ1n) is 5.26. The molecule has 0 atom stereocenters. The van der Waals surface area contributed by atoms with E-state index in [0.29, 0.717) is 0 Å². The highest BCUT2D eigenvalue weighted by atomic mass is 79.9. The van der Waals surface area contributed by atoms with Crippen molar-refractivity contribution in [3.05, 3.63) is 28.7 Å². The van der Waals surface area contributed by atoms with Gasteiger partial charge in [0.1, 0.15) is 0 Å². The molecule has 1 rings (SSSR count). The minimum absolute atomic E-state index is 0.203. The fourth-order valence-electron chi connectivity index (χ4n) is 1.22. The third kappa shape index (κ3) is 4.47. The number of rotatable bonds is 5. The summed E-state index contributed by atoms with van der Waals surface area (Å²) in [5.74, 6) is 0. The third-order valence-corrected chi connectivity index (χ3v) is 3.85. The van der Waals surface area contributed by atoms with Crippen LogP contribution in [-0.2, 0) is 10.0 Å². The fraction of sp³-hybridized carbons (Fsp3) is 0.364. The molecule has 0 spiro atoms. The fourth-order valence-corrected chi connectivity index (χ4v) is 2.36. The van der Waals surface area contributed by atoms with Crippen LogP contribution in [0, 0.1) is 0 Å². The van der Waals surface area contributed by atoms with Crippen LogP contribution in [0.4, 0.5) is 0 Å². The van der Waals surface area contributed by atoms with E-state index in [1.54, 1.807) is 19.1 Å². The number of hydrazone groups is 1. The second kappa shape index (κ2) is 6.16. The van der Waals surface area contributed by atoms with Gasteiger partial charge in [-0.15, -0.1) is 0 Å². The Hall–Kier alpha value is -0.880. The van der Waals surface area contributed by atoms with Gasteiger partial charge in [0, 0.05) is 10.2 Å². The smallest absolute Gasteiger partial charge is 0.200 e. The molecule has 0 amide bonds. The Kier molecular flexibility index (Phi) is 5.14. The van der Waals surface area contributed by atoms with E-state index in [-0.39, 0.29) is 4.90 Å². The van der Waals surface area contributed by atoms with E-state index in [1.807, 2.05) is 6.92 Å². The predicted molar refractivity (Wildman–Crippen MR) is 72.5 cm³/mol. The Bertz CT molecular complexity index is 495. The van der Waals surface area contributed by atoms with E-state index in [1.165, 1.54) is 12.1 Å². The quantitative estimate of drug-likeness (QED) is 0.670. The second-order valence-corrected chi connectivity index (χ2v) is 6.22. The van der Waals surface area contributed by atoms with Crippen LogP contribution in [0.25, 0.3) is 0 Å². The number of hydrogen-bond acceptors (Lipinski definition) is 3. The Morgan fingerprint density at radius 1 is 1.35 bits per heavy atom. The summed E-state index contributed by atoms with van der Waals surface area (Å²) in [7, 11) is -3.55. The molecule has 1 N–H and O–H groups in total. The molecule has 0 bridgehead atoms. The zero-order valence-electron chi connectivity index (χ0n) is 9.77.